The van der Waals surface area contributed by atoms with Crippen LogP contribution in [0, 0.1) is 0 Å². The SMILES string of the molecule is CC(=O)OC/C(C)=C/CCC1=CCC[C@](C)([C@@H](O)CC/C(C)=C\CO)OC1=O. The molecule has 28 heavy (non-hydrogen) atoms. The van der Waals surface area contributed by atoms with Crippen molar-refractivity contribution in [2.45, 2.75) is 77.9 Å². The molecule has 1 rings (SSSR count). The van der Waals surface area contributed by atoms with Gasteiger partial charge < -0.3 is 19.7 Å². The summed E-state index contributed by atoms with van der Waals surface area (Å²) < 4.78 is 10.6. The highest BCUT2D eigenvalue weighted by Gasteiger charge is 2.38. The van der Waals surface area contributed by atoms with E-state index in [2.05, 4.69) is 0 Å². The second-order valence-corrected chi connectivity index (χ2v) is 7.63. The number of aliphatic hydroxyl groups excluding tert-OH is 2. The Labute approximate surface area is 167 Å². The van der Waals surface area contributed by atoms with Gasteiger partial charge in [0.05, 0.1) is 12.7 Å². The average Bonchev–Trinajstić information content (AvgIpc) is 2.77. The number of hydrogen-bond acceptors (Lipinski definition) is 6. The number of aliphatic hydroxyl groups is 2. The molecule has 1 aliphatic rings. The summed E-state index contributed by atoms with van der Waals surface area (Å²) in [6, 6.07) is 0. The molecule has 1 heterocycles. The highest BCUT2D eigenvalue weighted by atomic mass is 16.6. The molecule has 0 fully saturated rings. The van der Waals surface area contributed by atoms with Crippen molar-refractivity contribution in [2.24, 2.45) is 0 Å². The molecule has 0 bridgehead atoms. The first-order valence-corrected chi connectivity index (χ1v) is 9.84. The Morgan fingerprint density at radius 1 is 1.32 bits per heavy atom. The van der Waals surface area contributed by atoms with Crippen LogP contribution in [0.4, 0.5) is 0 Å². The zero-order valence-electron chi connectivity index (χ0n) is 17.5. The molecule has 1 aliphatic heterocycles. The number of ether oxygens (including phenoxy) is 2. The van der Waals surface area contributed by atoms with E-state index < -0.39 is 11.7 Å². The van der Waals surface area contributed by atoms with Crippen molar-refractivity contribution in [3.63, 3.8) is 0 Å². The van der Waals surface area contributed by atoms with Gasteiger partial charge in [-0.3, -0.25) is 4.79 Å². The van der Waals surface area contributed by atoms with Crippen LogP contribution >= 0.6 is 0 Å². The van der Waals surface area contributed by atoms with E-state index in [0.717, 1.165) is 11.1 Å². The monoisotopic (exact) mass is 394 g/mol. The molecule has 0 saturated carbocycles. The lowest BCUT2D eigenvalue weighted by atomic mass is 9.89. The Kier molecular flexibility index (Phi) is 10.2. The van der Waals surface area contributed by atoms with Crippen LogP contribution < -0.4 is 0 Å². The van der Waals surface area contributed by atoms with Crippen LogP contribution in [0.3, 0.4) is 0 Å². The first kappa shape index (κ1) is 24.1. The summed E-state index contributed by atoms with van der Waals surface area (Å²) in [4.78, 5) is 23.4. The fraction of sp³-hybridized carbons (Fsp3) is 0.636. The van der Waals surface area contributed by atoms with E-state index in [9.17, 15) is 14.7 Å². The maximum atomic E-state index is 12.5. The number of cyclic esters (lactones) is 1. The Morgan fingerprint density at radius 3 is 2.68 bits per heavy atom. The lowest BCUT2D eigenvalue weighted by molar-refractivity contribution is -0.166. The van der Waals surface area contributed by atoms with Crippen LogP contribution in [-0.2, 0) is 19.1 Å². The highest BCUT2D eigenvalue weighted by Crippen LogP contribution is 2.31. The summed E-state index contributed by atoms with van der Waals surface area (Å²) in [7, 11) is 0. The summed E-state index contributed by atoms with van der Waals surface area (Å²) >= 11 is 0. The predicted octanol–water partition coefficient (Wildman–Crippen LogP) is 3.38. The number of allylic oxidation sites excluding steroid dienone is 3. The first-order valence-electron chi connectivity index (χ1n) is 9.84. The van der Waals surface area contributed by atoms with E-state index in [4.69, 9.17) is 14.6 Å². The lowest BCUT2D eigenvalue weighted by Gasteiger charge is -2.33. The molecule has 2 atom stereocenters. The van der Waals surface area contributed by atoms with Crippen LogP contribution in [0.25, 0.3) is 0 Å². The van der Waals surface area contributed by atoms with E-state index in [-0.39, 0.29) is 25.2 Å². The average molecular weight is 395 g/mol. The molecule has 0 aliphatic carbocycles. The minimum absolute atomic E-state index is 0.0176. The summed E-state index contributed by atoms with van der Waals surface area (Å²) in [6.45, 7) is 7.17. The van der Waals surface area contributed by atoms with Gasteiger partial charge in [0.1, 0.15) is 12.2 Å². The minimum atomic E-state index is -0.921. The molecule has 0 aromatic carbocycles. The largest absolute Gasteiger partial charge is 0.461 e. The van der Waals surface area contributed by atoms with Gasteiger partial charge in [-0.1, -0.05) is 23.8 Å². The summed E-state index contributed by atoms with van der Waals surface area (Å²) in [5.41, 5.74) is 1.63. The minimum Gasteiger partial charge on any atom is -0.461 e. The molecule has 0 amide bonds. The highest BCUT2D eigenvalue weighted by molar-refractivity contribution is 5.89. The molecular formula is C22H34O6. The number of carbonyl (C=O) groups excluding carboxylic acids is 2. The summed E-state index contributed by atoms with van der Waals surface area (Å²) in [5, 5.41) is 19.5. The Hall–Kier alpha value is -1.92. The standard InChI is InChI=1S/C22H34O6/c1-16(12-14-23)10-11-20(25)22(4)13-6-9-19(21(26)28-22)8-5-7-17(2)15-27-18(3)24/h7,9,12,20,23,25H,5-6,8,10-11,13-15H2,1-4H3/b16-12-,17-7+/t20-,22+/m0/s1. The van der Waals surface area contributed by atoms with Gasteiger partial charge in [-0.05, 0) is 64.9 Å². The molecule has 6 nitrogen and oxygen atoms in total. The van der Waals surface area contributed by atoms with E-state index in [1.807, 2.05) is 26.0 Å². The fourth-order valence-electron chi connectivity index (χ4n) is 3.06. The third kappa shape index (κ3) is 8.40. The smallest absolute Gasteiger partial charge is 0.334 e. The van der Waals surface area contributed by atoms with Gasteiger partial charge in [0, 0.05) is 12.5 Å². The van der Waals surface area contributed by atoms with Crippen molar-refractivity contribution < 1.29 is 29.3 Å². The van der Waals surface area contributed by atoms with Crippen LogP contribution in [0.15, 0.2) is 34.9 Å². The molecular weight excluding hydrogens is 360 g/mol. The Morgan fingerprint density at radius 2 is 2.04 bits per heavy atom. The zero-order valence-corrected chi connectivity index (χ0v) is 17.5. The normalized spacial score (nSPS) is 22.2. The van der Waals surface area contributed by atoms with Gasteiger partial charge in [0.2, 0.25) is 0 Å². The topological polar surface area (TPSA) is 93.1 Å². The molecule has 0 unspecified atom stereocenters. The molecule has 2 N–H and O–H groups in total. The third-order valence-corrected chi connectivity index (χ3v) is 4.99. The zero-order chi connectivity index (χ0) is 21.2. The van der Waals surface area contributed by atoms with Gasteiger partial charge in [-0.25, -0.2) is 4.79 Å². The quantitative estimate of drug-likeness (QED) is 0.436. The van der Waals surface area contributed by atoms with E-state index >= 15 is 0 Å². The molecule has 158 valence electrons. The molecule has 0 radical (unpaired) electrons. The maximum Gasteiger partial charge on any atom is 0.334 e. The van der Waals surface area contributed by atoms with Crippen LogP contribution in [-0.4, -0.2) is 47.1 Å². The third-order valence-electron chi connectivity index (χ3n) is 4.99. The number of carbonyl (C=O) groups is 2. The molecule has 0 saturated heterocycles. The number of hydrogen-bond donors (Lipinski definition) is 2. The Bertz CT molecular complexity index is 631. The number of esters is 2. The van der Waals surface area contributed by atoms with Crippen molar-refractivity contribution in [3.8, 4) is 0 Å². The van der Waals surface area contributed by atoms with Crippen LogP contribution in [0.2, 0.25) is 0 Å². The fourth-order valence-corrected chi connectivity index (χ4v) is 3.06. The van der Waals surface area contributed by atoms with Gasteiger partial charge in [0.25, 0.3) is 0 Å². The number of rotatable bonds is 10. The summed E-state index contributed by atoms with van der Waals surface area (Å²) in [5.74, 6) is -0.699. The van der Waals surface area contributed by atoms with E-state index in [1.165, 1.54) is 6.92 Å². The van der Waals surface area contributed by atoms with Crippen molar-refractivity contribution in [2.75, 3.05) is 13.2 Å². The van der Waals surface area contributed by atoms with E-state index in [0.29, 0.717) is 44.1 Å². The van der Waals surface area contributed by atoms with Crippen molar-refractivity contribution in [1.82, 2.24) is 0 Å². The van der Waals surface area contributed by atoms with Gasteiger partial charge in [-0.15, -0.1) is 0 Å². The molecule has 6 heteroatoms. The second-order valence-electron chi connectivity index (χ2n) is 7.63. The second kappa shape index (κ2) is 11.8. The molecule has 0 aromatic heterocycles. The van der Waals surface area contributed by atoms with Crippen molar-refractivity contribution in [3.05, 3.63) is 34.9 Å². The predicted molar refractivity (Wildman–Crippen MR) is 108 cm³/mol. The van der Waals surface area contributed by atoms with Gasteiger partial charge >= 0.3 is 11.9 Å². The van der Waals surface area contributed by atoms with Gasteiger partial charge in [-0.2, -0.15) is 0 Å². The summed E-state index contributed by atoms with van der Waals surface area (Å²) in [6.07, 6.45) is 8.32. The molecule has 0 spiro atoms. The van der Waals surface area contributed by atoms with Crippen molar-refractivity contribution in [1.29, 1.82) is 0 Å². The first-order chi connectivity index (χ1) is 13.2. The lowest BCUT2D eigenvalue weighted by Crippen LogP contribution is -2.43. The van der Waals surface area contributed by atoms with E-state index in [1.54, 1.807) is 13.0 Å². The molecule has 0 aromatic rings. The van der Waals surface area contributed by atoms with Crippen molar-refractivity contribution >= 4 is 11.9 Å². The van der Waals surface area contributed by atoms with Gasteiger partial charge in [0.15, 0.2) is 0 Å². The van der Waals surface area contributed by atoms with Crippen LogP contribution in [0.1, 0.15) is 66.2 Å². The Balaban J connectivity index is 2.58. The van der Waals surface area contributed by atoms with Crippen LogP contribution in [0.5, 0.6) is 0 Å². The maximum absolute atomic E-state index is 12.5.